The number of aryl methyl sites for hydroxylation is 1. The van der Waals surface area contributed by atoms with Crippen LogP contribution in [0.5, 0.6) is 0 Å². The van der Waals surface area contributed by atoms with Gasteiger partial charge in [-0.3, -0.25) is 14.9 Å². The van der Waals surface area contributed by atoms with Gasteiger partial charge in [-0.05, 0) is 49.7 Å². The van der Waals surface area contributed by atoms with E-state index in [9.17, 15) is 13.6 Å². The fourth-order valence-corrected chi connectivity index (χ4v) is 5.26. The molecule has 4 aromatic rings. The van der Waals surface area contributed by atoms with Crippen molar-refractivity contribution in [1.82, 2.24) is 29.8 Å². The first-order chi connectivity index (χ1) is 19.3. The molecule has 40 heavy (non-hydrogen) atoms. The molecule has 210 valence electrons. The number of aromatic nitrogens is 4. The number of para-hydroxylation sites is 1. The van der Waals surface area contributed by atoms with Crippen LogP contribution in [0.15, 0.2) is 60.9 Å². The second-order valence-corrected chi connectivity index (χ2v) is 10.0. The highest BCUT2D eigenvalue weighted by atomic mass is 19.2. The van der Waals surface area contributed by atoms with Crippen LogP contribution < -0.4 is 10.6 Å². The molecule has 0 radical (unpaired) electrons. The lowest BCUT2D eigenvalue weighted by molar-refractivity contribution is 0.116. The van der Waals surface area contributed by atoms with Crippen LogP contribution >= 0.6 is 0 Å². The SMILES string of the molecule is COCCN1CCC(c2ccc(F)c(F)c2)C(NC(=O)Nc2c(C)c(-c3cnn(C)c3)nn2-c2ccccc2)C1. The molecule has 5 rings (SSSR count). The van der Waals surface area contributed by atoms with Crippen LogP contribution in [-0.2, 0) is 11.8 Å². The Balaban J connectivity index is 1.43. The van der Waals surface area contributed by atoms with Gasteiger partial charge in [0, 0.05) is 50.5 Å². The summed E-state index contributed by atoms with van der Waals surface area (Å²) in [6.45, 7) is 4.46. The maximum atomic E-state index is 14.1. The Hall–Kier alpha value is -4.09. The second kappa shape index (κ2) is 12.0. The molecule has 1 aliphatic heterocycles. The molecule has 0 spiro atoms. The number of hydrogen-bond donors (Lipinski definition) is 2. The minimum atomic E-state index is -0.896. The summed E-state index contributed by atoms with van der Waals surface area (Å²) < 4.78 is 36.4. The van der Waals surface area contributed by atoms with Crippen molar-refractivity contribution in [2.45, 2.75) is 25.3 Å². The Morgan fingerprint density at radius 3 is 2.65 bits per heavy atom. The predicted octanol–water partition coefficient (Wildman–Crippen LogP) is 4.49. The van der Waals surface area contributed by atoms with Gasteiger partial charge >= 0.3 is 6.03 Å². The lowest BCUT2D eigenvalue weighted by Gasteiger charge is -2.39. The van der Waals surface area contributed by atoms with E-state index in [2.05, 4.69) is 20.6 Å². The van der Waals surface area contributed by atoms with E-state index in [-0.39, 0.29) is 12.0 Å². The average molecular weight is 550 g/mol. The smallest absolute Gasteiger partial charge is 0.320 e. The lowest BCUT2D eigenvalue weighted by atomic mass is 9.85. The van der Waals surface area contributed by atoms with E-state index in [1.165, 1.54) is 6.07 Å². The quantitative estimate of drug-likeness (QED) is 0.338. The number of likely N-dealkylation sites (tertiary alicyclic amines) is 1. The minimum absolute atomic E-state index is 0.189. The van der Waals surface area contributed by atoms with E-state index in [4.69, 9.17) is 9.84 Å². The predicted molar refractivity (Wildman–Crippen MR) is 148 cm³/mol. The van der Waals surface area contributed by atoms with E-state index in [0.717, 1.165) is 29.4 Å². The third-order valence-electron chi connectivity index (χ3n) is 7.33. The molecule has 2 atom stereocenters. The molecule has 2 amide bonds. The Morgan fingerprint density at radius 1 is 1.15 bits per heavy atom. The fraction of sp³-hybridized carbons (Fsp3) is 0.345. The van der Waals surface area contributed by atoms with Crippen LogP contribution in [0.3, 0.4) is 0 Å². The standard InChI is InChI=1S/C29H33F2N7O2/c1-19-27(21-16-32-36(2)17-21)35-38(22-7-5-4-6-8-22)28(19)34-29(39)33-26-18-37(13-14-40-3)12-11-23(26)20-9-10-24(30)25(31)15-20/h4-10,15-17,23,26H,11-14,18H2,1-3H3,(H2,33,34,39). The van der Waals surface area contributed by atoms with Crippen molar-refractivity contribution >= 4 is 11.8 Å². The summed E-state index contributed by atoms with van der Waals surface area (Å²) >= 11 is 0. The number of nitrogens with one attached hydrogen (secondary N) is 2. The molecule has 9 nitrogen and oxygen atoms in total. The van der Waals surface area contributed by atoms with Crippen LogP contribution in [0.1, 0.15) is 23.5 Å². The number of carbonyl (C=O) groups is 1. The number of benzene rings is 2. The molecule has 3 heterocycles. The second-order valence-electron chi connectivity index (χ2n) is 10.0. The Labute approximate surface area is 231 Å². The first kappa shape index (κ1) is 27.5. The first-order valence-electron chi connectivity index (χ1n) is 13.2. The molecule has 1 aliphatic rings. The Kier molecular flexibility index (Phi) is 8.22. The molecule has 0 aliphatic carbocycles. The van der Waals surface area contributed by atoms with Gasteiger partial charge in [0.2, 0.25) is 0 Å². The molecular formula is C29H33F2N7O2. The summed E-state index contributed by atoms with van der Waals surface area (Å²) in [6.07, 6.45) is 4.28. The number of carbonyl (C=O) groups excluding carboxylic acids is 1. The third-order valence-corrected chi connectivity index (χ3v) is 7.33. The summed E-state index contributed by atoms with van der Waals surface area (Å²) in [7, 11) is 3.48. The molecule has 0 bridgehead atoms. The van der Waals surface area contributed by atoms with Gasteiger partial charge in [-0.25, -0.2) is 18.3 Å². The molecule has 11 heteroatoms. The van der Waals surface area contributed by atoms with E-state index in [1.807, 2.05) is 50.5 Å². The minimum Gasteiger partial charge on any atom is -0.383 e. The van der Waals surface area contributed by atoms with Crippen molar-refractivity contribution in [2.24, 2.45) is 7.05 Å². The molecule has 2 aromatic heterocycles. The van der Waals surface area contributed by atoms with Crippen molar-refractivity contribution in [3.8, 4) is 16.9 Å². The molecule has 1 saturated heterocycles. The summed E-state index contributed by atoms with van der Waals surface area (Å²) in [6, 6.07) is 12.8. The van der Waals surface area contributed by atoms with Gasteiger partial charge in [-0.2, -0.15) is 10.2 Å². The van der Waals surface area contributed by atoms with Crippen molar-refractivity contribution in [3.05, 3.63) is 83.7 Å². The summed E-state index contributed by atoms with van der Waals surface area (Å²) in [5.41, 5.74) is 3.77. The van der Waals surface area contributed by atoms with E-state index < -0.39 is 17.7 Å². The van der Waals surface area contributed by atoms with Gasteiger partial charge in [-0.1, -0.05) is 24.3 Å². The van der Waals surface area contributed by atoms with Crippen LogP contribution in [0.4, 0.5) is 19.4 Å². The largest absolute Gasteiger partial charge is 0.383 e. The zero-order chi connectivity index (χ0) is 28.2. The summed E-state index contributed by atoms with van der Waals surface area (Å²) in [5, 5.41) is 15.2. The Bertz CT molecular complexity index is 1470. The topological polar surface area (TPSA) is 89.2 Å². The van der Waals surface area contributed by atoms with Crippen LogP contribution in [0.25, 0.3) is 16.9 Å². The zero-order valence-electron chi connectivity index (χ0n) is 22.8. The molecule has 2 aromatic carbocycles. The normalized spacial score (nSPS) is 17.6. The number of rotatable bonds is 8. The lowest BCUT2D eigenvalue weighted by Crippen LogP contribution is -2.53. The molecule has 1 fully saturated rings. The van der Waals surface area contributed by atoms with Gasteiger partial charge in [0.05, 0.1) is 24.5 Å². The van der Waals surface area contributed by atoms with Crippen molar-refractivity contribution in [1.29, 1.82) is 0 Å². The number of urea groups is 1. The van der Waals surface area contributed by atoms with Crippen molar-refractivity contribution in [3.63, 3.8) is 0 Å². The highest BCUT2D eigenvalue weighted by Gasteiger charge is 2.32. The van der Waals surface area contributed by atoms with E-state index in [0.29, 0.717) is 43.2 Å². The van der Waals surface area contributed by atoms with Gasteiger partial charge in [0.25, 0.3) is 0 Å². The van der Waals surface area contributed by atoms with E-state index in [1.54, 1.807) is 28.7 Å². The van der Waals surface area contributed by atoms with E-state index >= 15 is 0 Å². The number of anilines is 1. The molecule has 2 N–H and O–H groups in total. The number of amides is 2. The average Bonchev–Trinajstić information content (AvgIpc) is 3.52. The maximum Gasteiger partial charge on any atom is 0.320 e. The van der Waals surface area contributed by atoms with Gasteiger partial charge < -0.3 is 10.1 Å². The Morgan fingerprint density at radius 2 is 1.95 bits per heavy atom. The first-order valence-corrected chi connectivity index (χ1v) is 13.2. The molecule has 2 unspecified atom stereocenters. The number of ether oxygens (including phenoxy) is 1. The fourth-order valence-electron chi connectivity index (χ4n) is 5.26. The van der Waals surface area contributed by atoms with Crippen LogP contribution in [-0.4, -0.2) is 69.9 Å². The third kappa shape index (κ3) is 5.90. The van der Waals surface area contributed by atoms with Crippen LogP contribution in [0, 0.1) is 18.6 Å². The van der Waals surface area contributed by atoms with Gasteiger partial charge in [0.15, 0.2) is 11.6 Å². The number of halogens is 2. The summed E-state index contributed by atoms with van der Waals surface area (Å²) in [4.78, 5) is 15.7. The maximum absolute atomic E-state index is 14.1. The van der Waals surface area contributed by atoms with Gasteiger partial charge in [0.1, 0.15) is 11.5 Å². The zero-order valence-corrected chi connectivity index (χ0v) is 22.8. The number of hydrogen-bond acceptors (Lipinski definition) is 5. The van der Waals surface area contributed by atoms with Crippen molar-refractivity contribution in [2.75, 3.05) is 38.7 Å². The summed E-state index contributed by atoms with van der Waals surface area (Å²) in [5.74, 6) is -1.45. The molecule has 0 saturated carbocycles. The monoisotopic (exact) mass is 549 g/mol. The molecular weight excluding hydrogens is 516 g/mol. The highest BCUT2D eigenvalue weighted by molar-refractivity contribution is 5.91. The number of methoxy groups -OCH3 is 1. The van der Waals surface area contributed by atoms with Crippen molar-refractivity contribution < 1.29 is 18.3 Å². The number of piperidine rings is 1. The van der Waals surface area contributed by atoms with Crippen LogP contribution in [0.2, 0.25) is 0 Å². The highest BCUT2D eigenvalue weighted by Crippen LogP contribution is 2.32. The van der Waals surface area contributed by atoms with Gasteiger partial charge in [-0.15, -0.1) is 0 Å². The number of nitrogens with zero attached hydrogens (tertiary/aromatic N) is 5.